The molecule has 35 heavy (non-hydrogen) atoms. The zero-order valence-corrected chi connectivity index (χ0v) is 22.6. The predicted molar refractivity (Wildman–Crippen MR) is 139 cm³/mol. The molecule has 8 nitrogen and oxygen atoms in total. The summed E-state index contributed by atoms with van der Waals surface area (Å²) in [5.41, 5.74) is 0.540. The van der Waals surface area contributed by atoms with Crippen LogP contribution in [0.15, 0.2) is 48.5 Å². The number of carbonyl (C=O) groups excluding carboxylic acids is 2. The third-order valence-electron chi connectivity index (χ3n) is 5.17. The first kappa shape index (κ1) is 28.5. The van der Waals surface area contributed by atoms with Crippen molar-refractivity contribution >= 4 is 39.1 Å². The normalized spacial score (nSPS) is 12.5. The molecule has 0 heterocycles. The Hall–Kier alpha value is -2.78. The molecular weight excluding hydrogens is 490 g/mol. The molecule has 2 rings (SSSR count). The minimum Gasteiger partial charge on any atom is -0.497 e. The summed E-state index contributed by atoms with van der Waals surface area (Å²) in [4.78, 5) is 28.2. The first-order valence-electron chi connectivity index (χ1n) is 11.2. The van der Waals surface area contributed by atoms with Gasteiger partial charge in [0.15, 0.2) is 0 Å². The van der Waals surface area contributed by atoms with E-state index in [1.165, 1.54) is 11.0 Å². The molecule has 0 spiro atoms. The highest BCUT2D eigenvalue weighted by molar-refractivity contribution is 7.92. The fourth-order valence-electron chi connectivity index (χ4n) is 3.54. The summed E-state index contributed by atoms with van der Waals surface area (Å²) in [6, 6.07) is 12.6. The van der Waals surface area contributed by atoms with E-state index in [1.54, 1.807) is 49.6 Å². The van der Waals surface area contributed by atoms with Crippen LogP contribution in [0.1, 0.15) is 39.7 Å². The molecule has 1 N–H and O–H groups in total. The first-order valence-corrected chi connectivity index (χ1v) is 13.5. The van der Waals surface area contributed by atoms with Gasteiger partial charge in [0, 0.05) is 17.1 Å². The fraction of sp³-hybridized carbons (Fsp3) is 0.440. The second-order valence-corrected chi connectivity index (χ2v) is 11.6. The van der Waals surface area contributed by atoms with Gasteiger partial charge in [-0.05, 0) is 63.1 Å². The van der Waals surface area contributed by atoms with E-state index in [4.69, 9.17) is 16.3 Å². The molecule has 1 atom stereocenters. The number of anilines is 1. The quantitative estimate of drug-likeness (QED) is 0.510. The molecule has 0 saturated carbocycles. The smallest absolute Gasteiger partial charge is 0.244 e. The third kappa shape index (κ3) is 8.43. The van der Waals surface area contributed by atoms with Crippen molar-refractivity contribution in [2.45, 2.75) is 52.2 Å². The van der Waals surface area contributed by atoms with E-state index in [0.717, 1.165) is 16.1 Å². The van der Waals surface area contributed by atoms with Crippen LogP contribution in [-0.2, 0) is 26.2 Å². The summed E-state index contributed by atoms with van der Waals surface area (Å²) >= 11 is 6.07. The highest BCUT2D eigenvalue weighted by Crippen LogP contribution is 2.23. The Kier molecular flexibility index (Phi) is 9.57. The monoisotopic (exact) mass is 523 g/mol. The van der Waals surface area contributed by atoms with Crippen LogP contribution in [0.25, 0.3) is 0 Å². The molecule has 0 aliphatic heterocycles. The van der Waals surface area contributed by atoms with Crippen molar-refractivity contribution in [1.82, 2.24) is 10.2 Å². The second-order valence-electron chi connectivity index (χ2n) is 9.28. The van der Waals surface area contributed by atoms with E-state index in [1.807, 2.05) is 27.7 Å². The van der Waals surface area contributed by atoms with Crippen LogP contribution in [-0.4, -0.2) is 56.6 Å². The van der Waals surface area contributed by atoms with E-state index in [0.29, 0.717) is 17.2 Å². The number of amides is 2. The molecule has 0 saturated heterocycles. The molecule has 2 aromatic carbocycles. The summed E-state index contributed by atoms with van der Waals surface area (Å²) in [6.07, 6.45) is 1.37. The van der Waals surface area contributed by atoms with Crippen LogP contribution >= 0.6 is 11.6 Å². The van der Waals surface area contributed by atoms with Crippen molar-refractivity contribution in [3.63, 3.8) is 0 Å². The molecule has 0 aliphatic carbocycles. The molecule has 0 aromatic heterocycles. The lowest BCUT2D eigenvalue weighted by Crippen LogP contribution is -2.55. The molecule has 2 amide bonds. The van der Waals surface area contributed by atoms with E-state index < -0.39 is 34.1 Å². The average Bonchev–Trinajstić information content (AvgIpc) is 2.75. The van der Waals surface area contributed by atoms with Gasteiger partial charge in [0.25, 0.3) is 0 Å². The van der Waals surface area contributed by atoms with Crippen molar-refractivity contribution in [1.29, 1.82) is 0 Å². The molecular formula is C25H34ClN3O5S. The maximum atomic E-state index is 13.6. The number of hydrogen-bond donors (Lipinski definition) is 1. The summed E-state index contributed by atoms with van der Waals surface area (Å²) in [7, 11) is -2.26. The Bertz CT molecular complexity index is 1130. The number of methoxy groups -OCH3 is 1. The van der Waals surface area contributed by atoms with E-state index >= 15 is 0 Å². The molecule has 0 radical (unpaired) electrons. The largest absolute Gasteiger partial charge is 0.497 e. The van der Waals surface area contributed by atoms with E-state index in [9.17, 15) is 18.0 Å². The standard InChI is InChI=1S/C25H34ClN3O5S/c1-7-22(24(31)27-25(2,3)4)28(16-18-11-13-21(34-5)14-12-18)23(30)17-29(35(6,32)33)20-10-8-9-19(26)15-20/h8-15,22H,7,16-17H2,1-6H3,(H,27,31)/t22-/m1/s1. The van der Waals surface area contributed by atoms with Gasteiger partial charge in [-0.3, -0.25) is 13.9 Å². The Morgan fingerprint density at radius 3 is 2.23 bits per heavy atom. The Labute approximate surface area is 213 Å². The highest BCUT2D eigenvalue weighted by atomic mass is 35.5. The molecule has 2 aromatic rings. The zero-order valence-electron chi connectivity index (χ0n) is 21.0. The van der Waals surface area contributed by atoms with Crippen LogP contribution in [0.5, 0.6) is 5.75 Å². The average molecular weight is 524 g/mol. The fourth-order valence-corrected chi connectivity index (χ4v) is 4.57. The summed E-state index contributed by atoms with van der Waals surface area (Å²) in [5.74, 6) is -0.161. The van der Waals surface area contributed by atoms with Crippen molar-refractivity contribution in [3.05, 3.63) is 59.1 Å². The lowest BCUT2D eigenvalue weighted by atomic mass is 10.1. The minimum absolute atomic E-state index is 0.117. The van der Waals surface area contributed by atoms with Gasteiger partial charge < -0.3 is 15.0 Å². The van der Waals surface area contributed by atoms with Gasteiger partial charge in [-0.25, -0.2) is 8.42 Å². The number of rotatable bonds is 10. The van der Waals surface area contributed by atoms with Crippen LogP contribution in [0.2, 0.25) is 5.02 Å². The van der Waals surface area contributed by atoms with Crippen molar-refractivity contribution in [2.75, 3.05) is 24.2 Å². The van der Waals surface area contributed by atoms with Gasteiger partial charge in [-0.1, -0.05) is 36.7 Å². The van der Waals surface area contributed by atoms with Gasteiger partial charge in [0.2, 0.25) is 21.8 Å². The van der Waals surface area contributed by atoms with Gasteiger partial charge >= 0.3 is 0 Å². The predicted octanol–water partition coefficient (Wildman–Crippen LogP) is 3.84. The first-order chi connectivity index (χ1) is 16.2. The topological polar surface area (TPSA) is 96.0 Å². The molecule has 0 bridgehead atoms. The number of hydrogen-bond acceptors (Lipinski definition) is 5. The Balaban J connectivity index is 2.45. The number of carbonyl (C=O) groups is 2. The van der Waals surface area contributed by atoms with Gasteiger partial charge in [0.1, 0.15) is 18.3 Å². The molecule has 0 fully saturated rings. The summed E-state index contributed by atoms with van der Waals surface area (Å²) < 4.78 is 31.4. The summed E-state index contributed by atoms with van der Waals surface area (Å²) in [5, 5.41) is 3.27. The number of halogens is 1. The Morgan fingerprint density at radius 1 is 1.11 bits per heavy atom. The number of nitrogens with zero attached hydrogens (tertiary/aromatic N) is 2. The molecule has 0 unspecified atom stereocenters. The van der Waals surface area contributed by atoms with Gasteiger partial charge in [-0.2, -0.15) is 0 Å². The SMILES string of the molecule is CC[C@H](C(=O)NC(C)(C)C)N(Cc1ccc(OC)cc1)C(=O)CN(c1cccc(Cl)c1)S(C)(=O)=O. The van der Waals surface area contributed by atoms with E-state index in [-0.39, 0.29) is 18.1 Å². The van der Waals surface area contributed by atoms with Crippen molar-refractivity contribution in [3.8, 4) is 5.75 Å². The van der Waals surface area contributed by atoms with E-state index in [2.05, 4.69) is 5.32 Å². The second kappa shape index (κ2) is 11.8. The maximum absolute atomic E-state index is 13.6. The van der Waals surface area contributed by atoms with Crippen LogP contribution < -0.4 is 14.4 Å². The maximum Gasteiger partial charge on any atom is 0.244 e. The van der Waals surface area contributed by atoms with Crippen LogP contribution in [0, 0.1) is 0 Å². The third-order valence-corrected chi connectivity index (χ3v) is 6.55. The highest BCUT2D eigenvalue weighted by Gasteiger charge is 2.33. The number of nitrogens with one attached hydrogen (secondary N) is 1. The van der Waals surface area contributed by atoms with Crippen LogP contribution in [0.3, 0.4) is 0 Å². The van der Waals surface area contributed by atoms with Gasteiger partial charge in [-0.15, -0.1) is 0 Å². The number of sulfonamides is 1. The minimum atomic E-state index is -3.82. The Morgan fingerprint density at radius 2 is 1.74 bits per heavy atom. The lowest BCUT2D eigenvalue weighted by molar-refractivity contribution is -0.141. The molecule has 0 aliphatic rings. The van der Waals surface area contributed by atoms with Crippen molar-refractivity contribution < 1.29 is 22.7 Å². The lowest BCUT2D eigenvalue weighted by Gasteiger charge is -2.34. The molecule has 192 valence electrons. The zero-order chi connectivity index (χ0) is 26.4. The van der Waals surface area contributed by atoms with Gasteiger partial charge in [0.05, 0.1) is 19.1 Å². The summed E-state index contributed by atoms with van der Waals surface area (Å²) in [6.45, 7) is 7.03. The van der Waals surface area contributed by atoms with Crippen molar-refractivity contribution in [2.24, 2.45) is 0 Å². The number of benzene rings is 2. The molecule has 10 heteroatoms. The van der Waals surface area contributed by atoms with Crippen LogP contribution in [0.4, 0.5) is 5.69 Å². The number of ether oxygens (including phenoxy) is 1.